The Morgan fingerprint density at radius 3 is 2.58 bits per heavy atom. The molecule has 1 heterocycles. The van der Waals surface area contributed by atoms with Crippen molar-refractivity contribution >= 4 is 23.6 Å². The quantitative estimate of drug-likeness (QED) is 0.483. The SMILES string of the molecule is CN=C(NCC1(SC)CCOCC1)NC1CCCC(C(=O)NC2CC2)C1. The van der Waals surface area contributed by atoms with E-state index in [-0.39, 0.29) is 16.6 Å². The lowest BCUT2D eigenvalue weighted by molar-refractivity contribution is -0.126. The Morgan fingerprint density at radius 2 is 1.92 bits per heavy atom. The van der Waals surface area contributed by atoms with Gasteiger partial charge in [-0.05, 0) is 51.2 Å². The highest BCUT2D eigenvalue weighted by Crippen LogP contribution is 2.33. The summed E-state index contributed by atoms with van der Waals surface area (Å²) in [4.78, 5) is 16.8. The van der Waals surface area contributed by atoms with Crippen LogP contribution in [0.25, 0.3) is 0 Å². The lowest BCUT2D eigenvalue weighted by Crippen LogP contribution is -2.51. The Balaban J connectivity index is 1.46. The van der Waals surface area contributed by atoms with Crippen LogP contribution < -0.4 is 16.0 Å². The van der Waals surface area contributed by atoms with Crippen LogP contribution in [0, 0.1) is 5.92 Å². The van der Waals surface area contributed by atoms with Crippen LogP contribution in [-0.4, -0.2) is 61.8 Å². The molecule has 2 saturated carbocycles. The standard InChI is InChI=1S/C19H34N4O2S/c1-20-18(21-13-19(26-2)8-10-25-11-9-19)23-16-5-3-4-14(12-16)17(24)22-15-6-7-15/h14-16H,3-13H2,1-2H3,(H,22,24)(H2,20,21,23). The average Bonchev–Trinajstić information content (AvgIpc) is 3.50. The highest BCUT2D eigenvalue weighted by molar-refractivity contribution is 8.00. The molecule has 1 amide bonds. The van der Waals surface area contributed by atoms with E-state index in [0.29, 0.717) is 12.1 Å². The number of carbonyl (C=O) groups excluding carboxylic acids is 1. The van der Waals surface area contributed by atoms with Crippen molar-refractivity contribution in [1.82, 2.24) is 16.0 Å². The van der Waals surface area contributed by atoms with Gasteiger partial charge >= 0.3 is 0 Å². The summed E-state index contributed by atoms with van der Waals surface area (Å²) in [5.74, 6) is 1.26. The lowest BCUT2D eigenvalue weighted by atomic mass is 9.85. The van der Waals surface area contributed by atoms with Crippen molar-refractivity contribution < 1.29 is 9.53 Å². The van der Waals surface area contributed by atoms with Crippen molar-refractivity contribution in [3.05, 3.63) is 0 Å². The maximum absolute atomic E-state index is 12.4. The summed E-state index contributed by atoms with van der Waals surface area (Å²) in [6.45, 7) is 2.58. The summed E-state index contributed by atoms with van der Waals surface area (Å²) in [7, 11) is 1.82. The molecule has 148 valence electrons. The van der Waals surface area contributed by atoms with E-state index in [2.05, 4.69) is 27.2 Å². The van der Waals surface area contributed by atoms with Crippen molar-refractivity contribution in [2.24, 2.45) is 10.9 Å². The number of hydrogen-bond acceptors (Lipinski definition) is 4. The summed E-state index contributed by atoms with van der Waals surface area (Å²) >= 11 is 1.93. The molecular weight excluding hydrogens is 348 g/mol. The molecule has 6 nitrogen and oxygen atoms in total. The van der Waals surface area contributed by atoms with Crippen molar-refractivity contribution in [3.8, 4) is 0 Å². The van der Waals surface area contributed by atoms with Gasteiger partial charge < -0.3 is 20.7 Å². The van der Waals surface area contributed by atoms with Gasteiger partial charge in [0.05, 0.1) is 0 Å². The molecule has 0 aromatic heterocycles. The third kappa shape index (κ3) is 5.52. The largest absolute Gasteiger partial charge is 0.381 e. The lowest BCUT2D eigenvalue weighted by Gasteiger charge is -2.37. The molecule has 0 spiro atoms. The molecular formula is C19H34N4O2S. The van der Waals surface area contributed by atoms with Gasteiger partial charge in [-0.3, -0.25) is 9.79 Å². The number of rotatable bonds is 6. The first-order chi connectivity index (χ1) is 12.6. The van der Waals surface area contributed by atoms with Gasteiger partial charge in [-0.1, -0.05) is 6.42 Å². The number of aliphatic imine (C=N–C) groups is 1. The summed E-state index contributed by atoms with van der Waals surface area (Å²) in [5.41, 5.74) is 0. The fourth-order valence-corrected chi connectivity index (χ4v) is 4.73. The normalized spacial score (nSPS) is 29.1. The zero-order valence-corrected chi connectivity index (χ0v) is 17.0. The monoisotopic (exact) mass is 382 g/mol. The smallest absolute Gasteiger partial charge is 0.223 e. The number of nitrogens with zero attached hydrogens (tertiary/aromatic N) is 1. The van der Waals surface area contributed by atoms with Crippen LogP contribution in [0.1, 0.15) is 51.4 Å². The summed E-state index contributed by atoms with van der Waals surface area (Å²) in [6.07, 6.45) is 10.8. The average molecular weight is 383 g/mol. The van der Waals surface area contributed by atoms with Crippen molar-refractivity contribution in [3.63, 3.8) is 0 Å². The number of thioether (sulfide) groups is 1. The summed E-state index contributed by atoms with van der Waals surface area (Å²) < 4.78 is 5.75. The molecule has 7 heteroatoms. The molecule has 3 fully saturated rings. The van der Waals surface area contributed by atoms with Crippen LogP contribution in [-0.2, 0) is 9.53 Å². The highest BCUT2D eigenvalue weighted by atomic mass is 32.2. The van der Waals surface area contributed by atoms with Crippen molar-refractivity contribution in [2.45, 2.75) is 68.2 Å². The van der Waals surface area contributed by atoms with E-state index in [1.165, 1.54) is 0 Å². The Labute approximate surface area is 161 Å². The first kappa shape index (κ1) is 19.8. The fraction of sp³-hybridized carbons (Fsp3) is 0.895. The van der Waals surface area contributed by atoms with Gasteiger partial charge in [0, 0.05) is 49.6 Å². The minimum absolute atomic E-state index is 0.146. The number of carbonyl (C=O) groups is 1. The molecule has 0 bridgehead atoms. The molecule has 2 unspecified atom stereocenters. The van der Waals surface area contributed by atoms with Gasteiger partial charge in [0.1, 0.15) is 0 Å². The highest BCUT2D eigenvalue weighted by Gasteiger charge is 2.33. The van der Waals surface area contributed by atoms with E-state index in [9.17, 15) is 4.79 Å². The molecule has 3 aliphatic rings. The summed E-state index contributed by atoms with van der Waals surface area (Å²) in [5, 5.41) is 10.3. The Bertz CT molecular complexity index is 504. The molecule has 26 heavy (non-hydrogen) atoms. The van der Waals surface area contributed by atoms with Gasteiger partial charge in [0.2, 0.25) is 5.91 Å². The second-order valence-corrected chi connectivity index (χ2v) is 9.19. The molecule has 1 aliphatic heterocycles. The number of amides is 1. The molecule has 2 aliphatic carbocycles. The maximum atomic E-state index is 12.4. The van der Waals surface area contributed by atoms with Crippen LogP contribution in [0.3, 0.4) is 0 Å². The molecule has 3 N–H and O–H groups in total. The predicted molar refractivity (Wildman–Crippen MR) is 108 cm³/mol. The number of guanidine groups is 1. The molecule has 0 aromatic rings. The van der Waals surface area contributed by atoms with Gasteiger partial charge in [0.25, 0.3) is 0 Å². The van der Waals surface area contributed by atoms with Gasteiger partial charge in [-0.25, -0.2) is 0 Å². The van der Waals surface area contributed by atoms with E-state index >= 15 is 0 Å². The molecule has 0 radical (unpaired) electrons. The number of nitrogens with one attached hydrogen (secondary N) is 3. The van der Waals surface area contributed by atoms with Crippen LogP contribution in [0.4, 0.5) is 0 Å². The topological polar surface area (TPSA) is 74.8 Å². The second-order valence-electron chi connectivity index (χ2n) is 7.91. The first-order valence-electron chi connectivity index (χ1n) is 10.0. The van der Waals surface area contributed by atoms with Gasteiger partial charge in [0.15, 0.2) is 5.96 Å². The Hall–Kier alpha value is -0.950. The zero-order valence-electron chi connectivity index (χ0n) is 16.2. The Morgan fingerprint density at radius 1 is 1.15 bits per heavy atom. The van der Waals surface area contributed by atoms with Crippen LogP contribution in [0.5, 0.6) is 0 Å². The third-order valence-corrected chi connectivity index (χ3v) is 7.37. The van der Waals surface area contributed by atoms with Crippen LogP contribution in [0.2, 0.25) is 0 Å². The minimum Gasteiger partial charge on any atom is -0.381 e. The van der Waals surface area contributed by atoms with E-state index in [1.54, 1.807) is 0 Å². The number of hydrogen-bond donors (Lipinski definition) is 3. The van der Waals surface area contributed by atoms with Crippen LogP contribution in [0.15, 0.2) is 4.99 Å². The zero-order chi connectivity index (χ0) is 18.4. The van der Waals surface area contributed by atoms with E-state index in [1.807, 2.05) is 18.8 Å². The molecule has 3 rings (SSSR count). The molecule has 2 atom stereocenters. The van der Waals surface area contributed by atoms with E-state index in [0.717, 1.165) is 77.1 Å². The van der Waals surface area contributed by atoms with Crippen LogP contribution >= 0.6 is 11.8 Å². The van der Waals surface area contributed by atoms with Crippen molar-refractivity contribution in [2.75, 3.05) is 33.1 Å². The summed E-state index contributed by atoms with van der Waals surface area (Å²) in [6, 6.07) is 0.775. The minimum atomic E-state index is 0.146. The Kier molecular flexibility index (Phi) is 7.09. The second kappa shape index (κ2) is 9.31. The van der Waals surface area contributed by atoms with Gasteiger partial charge in [-0.15, -0.1) is 0 Å². The van der Waals surface area contributed by atoms with Crippen molar-refractivity contribution in [1.29, 1.82) is 0 Å². The maximum Gasteiger partial charge on any atom is 0.223 e. The van der Waals surface area contributed by atoms with Gasteiger partial charge in [-0.2, -0.15) is 11.8 Å². The predicted octanol–water partition coefficient (Wildman–Crippen LogP) is 1.90. The van der Waals surface area contributed by atoms with E-state index in [4.69, 9.17) is 4.74 Å². The fourth-order valence-electron chi connectivity index (χ4n) is 3.94. The first-order valence-corrected chi connectivity index (χ1v) is 11.3. The van der Waals surface area contributed by atoms with E-state index < -0.39 is 0 Å². The number of ether oxygens (including phenoxy) is 1. The molecule has 0 aromatic carbocycles. The third-order valence-electron chi connectivity index (χ3n) is 5.95. The molecule has 1 saturated heterocycles.